The van der Waals surface area contributed by atoms with Gasteiger partial charge >= 0.3 is 0 Å². The molecule has 4 heterocycles. The van der Waals surface area contributed by atoms with Crippen LogP contribution in [-0.2, 0) is 11.3 Å². The predicted molar refractivity (Wildman–Crippen MR) is 104 cm³/mol. The van der Waals surface area contributed by atoms with Crippen LogP contribution in [-0.4, -0.2) is 30.5 Å². The second-order valence-corrected chi connectivity index (χ2v) is 6.82. The fraction of sp³-hybridized carbons (Fsp3) is 0.143. The summed E-state index contributed by atoms with van der Waals surface area (Å²) in [4.78, 5) is 16.6. The number of carbonyl (C=O) groups is 1. The minimum atomic E-state index is -0.0399. The summed E-state index contributed by atoms with van der Waals surface area (Å²) in [6.07, 6.45) is 9.46. The van der Waals surface area contributed by atoms with Crippen molar-refractivity contribution in [1.29, 1.82) is 0 Å². The Labute approximate surface area is 161 Å². The van der Waals surface area contributed by atoms with Crippen molar-refractivity contribution in [2.75, 3.05) is 5.32 Å². The van der Waals surface area contributed by atoms with E-state index < -0.39 is 0 Å². The van der Waals surface area contributed by atoms with Gasteiger partial charge in [-0.2, -0.15) is 10.2 Å². The highest BCUT2D eigenvalue weighted by molar-refractivity contribution is 5.94. The molecule has 1 atom stereocenters. The number of hydrogen-bond donors (Lipinski definition) is 1. The molecular weight excluding hydrogens is 352 g/mol. The number of carbonyl (C=O) groups excluding carboxylic acids is 1. The lowest BCUT2D eigenvalue weighted by Gasteiger charge is -2.24. The van der Waals surface area contributed by atoms with Crippen molar-refractivity contribution >= 4 is 11.7 Å². The lowest BCUT2D eigenvalue weighted by molar-refractivity contribution is -0.116. The summed E-state index contributed by atoms with van der Waals surface area (Å²) < 4.78 is 3.65. The molecule has 0 saturated heterocycles. The Morgan fingerprint density at radius 2 is 2.04 bits per heavy atom. The van der Waals surface area contributed by atoms with E-state index >= 15 is 0 Å². The van der Waals surface area contributed by atoms with Crippen molar-refractivity contribution in [3.63, 3.8) is 0 Å². The maximum absolute atomic E-state index is 12.4. The molecule has 0 radical (unpaired) electrons. The molecular formula is C21H18N6O. The summed E-state index contributed by atoms with van der Waals surface area (Å²) in [5.41, 5.74) is 4.11. The molecule has 1 aromatic carbocycles. The summed E-state index contributed by atoms with van der Waals surface area (Å²) in [5.74, 6) is 0.714. The van der Waals surface area contributed by atoms with Gasteiger partial charge in [0.2, 0.25) is 5.91 Å². The molecule has 1 unspecified atom stereocenters. The third kappa shape index (κ3) is 2.96. The SMILES string of the molecule is O=C1CC(c2cccc(-n3cccn3)c2)c2cnn(Cc3cccnc3)c2N1. The molecule has 1 N–H and O–H groups in total. The number of rotatable bonds is 4. The number of fused-ring (bicyclic) bond motifs is 1. The zero-order chi connectivity index (χ0) is 18.9. The van der Waals surface area contributed by atoms with E-state index in [2.05, 4.69) is 32.6 Å². The normalized spacial score (nSPS) is 15.9. The average Bonchev–Trinajstić information content (AvgIpc) is 3.39. The molecule has 28 heavy (non-hydrogen) atoms. The number of hydrogen-bond acceptors (Lipinski definition) is 4. The minimum Gasteiger partial charge on any atom is -0.311 e. The topological polar surface area (TPSA) is 77.6 Å². The first-order valence-corrected chi connectivity index (χ1v) is 9.12. The highest BCUT2D eigenvalue weighted by Gasteiger charge is 2.30. The van der Waals surface area contributed by atoms with Gasteiger partial charge in [0, 0.05) is 42.7 Å². The summed E-state index contributed by atoms with van der Waals surface area (Å²) >= 11 is 0. The van der Waals surface area contributed by atoms with E-state index in [1.165, 1.54) is 0 Å². The van der Waals surface area contributed by atoms with E-state index in [4.69, 9.17) is 0 Å². The van der Waals surface area contributed by atoms with Crippen molar-refractivity contribution < 1.29 is 4.79 Å². The van der Waals surface area contributed by atoms with E-state index in [1.807, 2.05) is 58.3 Å². The second-order valence-electron chi connectivity index (χ2n) is 6.82. The Morgan fingerprint density at radius 1 is 1.07 bits per heavy atom. The molecule has 1 aliphatic rings. The molecule has 0 fully saturated rings. The van der Waals surface area contributed by atoms with Gasteiger partial charge in [-0.25, -0.2) is 9.36 Å². The van der Waals surface area contributed by atoms with Gasteiger partial charge in [0.05, 0.1) is 18.4 Å². The number of nitrogens with one attached hydrogen (secondary N) is 1. The van der Waals surface area contributed by atoms with Crippen LogP contribution in [0.2, 0.25) is 0 Å². The van der Waals surface area contributed by atoms with Gasteiger partial charge in [0.25, 0.3) is 0 Å². The Bertz CT molecular complexity index is 1120. The maximum atomic E-state index is 12.4. The Morgan fingerprint density at radius 3 is 2.86 bits per heavy atom. The standard InChI is InChI=1S/C21H18N6O/c28-20-11-18(16-5-1-6-17(10-16)26-9-3-8-23-26)19-13-24-27(21(19)25-20)14-15-4-2-7-22-12-15/h1-10,12-13,18H,11,14H2,(H,25,28). The third-order valence-corrected chi connectivity index (χ3v) is 4.99. The van der Waals surface area contributed by atoms with E-state index in [0.717, 1.165) is 28.2 Å². The first-order valence-electron chi connectivity index (χ1n) is 9.12. The third-order valence-electron chi connectivity index (χ3n) is 4.99. The van der Waals surface area contributed by atoms with E-state index in [-0.39, 0.29) is 11.8 Å². The van der Waals surface area contributed by atoms with Gasteiger partial charge in [-0.3, -0.25) is 9.78 Å². The van der Waals surface area contributed by atoms with Crippen LogP contribution in [0.3, 0.4) is 0 Å². The number of nitrogens with zero attached hydrogens (tertiary/aromatic N) is 5. The second kappa shape index (κ2) is 6.77. The van der Waals surface area contributed by atoms with Crippen LogP contribution in [0.1, 0.15) is 29.0 Å². The van der Waals surface area contributed by atoms with Crippen molar-refractivity contribution in [3.8, 4) is 5.69 Å². The lowest BCUT2D eigenvalue weighted by Crippen LogP contribution is -2.25. The number of anilines is 1. The molecule has 5 rings (SSSR count). The number of pyridine rings is 1. The summed E-state index contributed by atoms with van der Waals surface area (Å²) in [7, 11) is 0. The van der Waals surface area contributed by atoms with Gasteiger partial charge in [-0.1, -0.05) is 18.2 Å². The Balaban J connectivity index is 1.52. The van der Waals surface area contributed by atoms with Crippen LogP contribution < -0.4 is 5.32 Å². The fourth-order valence-electron chi connectivity index (χ4n) is 3.66. The Hall–Kier alpha value is -3.74. The number of benzene rings is 1. The molecule has 0 spiro atoms. The smallest absolute Gasteiger partial charge is 0.226 e. The highest BCUT2D eigenvalue weighted by atomic mass is 16.1. The summed E-state index contributed by atoms with van der Waals surface area (Å²) in [6, 6.07) is 13.9. The van der Waals surface area contributed by atoms with E-state index in [9.17, 15) is 4.79 Å². The molecule has 1 amide bonds. The molecule has 4 aromatic rings. The molecule has 0 saturated carbocycles. The Kier molecular flexibility index (Phi) is 3.97. The largest absolute Gasteiger partial charge is 0.311 e. The van der Waals surface area contributed by atoms with Gasteiger partial charge in [0.1, 0.15) is 5.82 Å². The molecule has 138 valence electrons. The van der Waals surface area contributed by atoms with Crippen molar-refractivity contribution in [3.05, 3.63) is 90.1 Å². The zero-order valence-corrected chi connectivity index (χ0v) is 15.1. The minimum absolute atomic E-state index is 0.00470. The van der Waals surface area contributed by atoms with Gasteiger partial charge < -0.3 is 5.32 Å². The highest BCUT2D eigenvalue weighted by Crippen LogP contribution is 2.37. The van der Waals surface area contributed by atoms with Crippen LogP contribution in [0.15, 0.2) is 73.4 Å². The van der Waals surface area contributed by atoms with E-state index in [0.29, 0.717) is 13.0 Å². The quantitative estimate of drug-likeness (QED) is 0.599. The predicted octanol–water partition coefficient (Wildman–Crippen LogP) is 2.99. The van der Waals surface area contributed by atoms with Crippen LogP contribution in [0.4, 0.5) is 5.82 Å². The monoisotopic (exact) mass is 370 g/mol. The number of amides is 1. The van der Waals surface area contributed by atoms with Crippen LogP contribution in [0, 0.1) is 0 Å². The average molecular weight is 370 g/mol. The molecule has 0 bridgehead atoms. The van der Waals surface area contributed by atoms with Crippen LogP contribution in [0.25, 0.3) is 5.69 Å². The summed E-state index contributed by atoms with van der Waals surface area (Å²) in [6.45, 7) is 0.559. The molecule has 7 nitrogen and oxygen atoms in total. The van der Waals surface area contributed by atoms with Gasteiger partial charge in [-0.05, 0) is 35.4 Å². The molecule has 3 aromatic heterocycles. The van der Waals surface area contributed by atoms with Crippen LogP contribution >= 0.6 is 0 Å². The first kappa shape index (κ1) is 16.4. The lowest BCUT2D eigenvalue weighted by atomic mass is 9.87. The maximum Gasteiger partial charge on any atom is 0.226 e. The fourth-order valence-corrected chi connectivity index (χ4v) is 3.66. The molecule has 7 heteroatoms. The molecule has 0 aliphatic carbocycles. The summed E-state index contributed by atoms with van der Waals surface area (Å²) in [5, 5.41) is 11.8. The van der Waals surface area contributed by atoms with Crippen molar-refractivity contribution in [2.45, 2.75) is 18.9 Å². The van der Waals surface area contributed by atoms with Crippen molar-refractivity contribution in [1.82, 2.24) is 24.5 Å². The molecule has 1 aliphatic heterocycles. The van der Waals surface area contributed by atoms with Gasteiger partial charge in [0.15, 0.2) is 0 Å². The van der Waals surface area contributed by atoms with Crippen molar-refractivity contribution in [2.24, 2.45) is 0 Å². The zero-order valence-electron chi connectivity index (χ0n) is 15.1. The van der Waals surface area contributed by atoms with Crippen LogP contribution in [0.5, 0.6) is 0 Å². The van der Waals surface area contributed by atoms with E-state index in [1.54, 1.807) is 12.4 Å². The first-order chi connectivity index (χ1) is 13.8. The number of aromatic nitrogens is 5. The van der Waals surface area contributed by atoms with Gasteiger partial charge in [-0.15, -0.1) is 0 Å².